The Hall–Kier alpha value is -2.70. The summed E-state index contributed by atoms with van der Waals surface area (Å²) in [4.78, 5) is 28.2. The van der Waals surface area contributed by atoms with E-state index < -0.39 is 12.0 Å². The summed E-state index contributed by atoms with van der Waals surface area (Å²) in [5.74, 6) is 0.137. The van der Waals surface area contributed by atoms with Gasteiger partial charge in [-0.3, -0.25) is 4.79 Å². The molecular weight excluding hydrogens is 464 g/mol. The van der Waals surface area contributed by atoms with Crippen molar-refractivity contribution in [3.63, 3.8) is 0 Å². The van der Waals surface area contributed by atoms with E-state index in [9.17, 15) is 9.59 Å². The number of amides is 1. The largest absolute Gasteiger partial charge is 0.467 e. The fourth-order valence-electron chi connectivity index (χ4n) is 5.31. The molecule has 1 aliphatic carbocycles. The first-order valence-electron chi connectivity index (χ1n) is 13.7. The van der Waals surface area contributed by atoms with Gasteiger partial charge in [0.1, 0.15) is 6.04 Å². The number of rotatable bonds is 13. The van der Waals surface area contributed by atoms with Crippen LogP contribution in [0, 0.1) is 12.8 Å². The first-order valence-corrected chi connectivity index (χ1v) is 13.7. The van der Waals surface area contributed by atoms with Crippen molar-refractivity contribution in [1.82, 2.24) is 10.2 Å². The van der Waals surface area contributed by atoms with Gasteiger partial charge in [-0.2, -0.15) is 0 Å². The van der Waals surface area contributed by atoms with Crippen LogP contribution in [0.25, 0.3) is 11.1 Å². The molecular formula is C31H44N2O4. The van der Waals surface area contributed by atoms with E-state index in [1.54, 1.807) is 7.11 Å². The standard InChI is InChI=1S/C31H44N2O4/c1-23-11-8-9-14-26(23)28-21-25(22-33(2)19-18-24-12-6-5-7-13-24)16-17-27(28)30(34)32-29(31(35)37-4)15-10-20-36-3/h8-9,11,14,16-17,21,24,29H,5-7,10,12-13,15,18-20,22H2,1-4H3,(H,32,34)/t29-/m0/s1. The molecule has 6 nitrogen and oxygen atoms in total. The monoisotopic (exact) mass is 508 g/mol. The van der Waals surface area contributed by atoms with Crippen LogP contribution in [0.5, 0.6) is 0 Å². The van der Waals surface area contributed by atoms with Crippen LogP contribution in [-0.4, -0.2) is 57.2 Å². The van der Waals surface area contributed by atoms with Gasteiger partial charge in [-0.25, -0.2) is 4.79 Å². The third kappa shape index (κ3) is 8.68. The van der Waals surface area contributed by atoms with E-state index in [-0.39, 0.29) is 5.91 Å². The van der Waals surface area contributed by atoms with Crippen LogP contribution in [0.1, 0.15) is 72.9 Å². The highest BCUT2D eigenvalue weighted by Crippen LogP contribution is 2.29. The van der Waals surface area contributed by atoms with Crippen molar-refractivity contribution >= 4 is 11.9 Å². The van der Waals surface area contributed by atoms with E-state index >= 15 is 0 Å². The second kappa shape index (κ2) is 14.9. The quantitative estimate of drug-likeness (QED) is 0.275. The lowest BCUT2D eigenvalue weighted by Crippen LogP contribution is -2.41. The summed E-state index contributed by atoms with van der Waals surface area (Å²) in [6.45, 7) is 4.48. The van der Waals surface area contributed by atoms with E-state index in [2.05, 4.69) is 36.3 Å². The van der Waals surface area contributed by atoms with Crippen LogP contribution < -0.4 is 5.32 Å². The highest BCUT2D eigenvalue weighted by atomic mass is 16.5. The Morgan fingerprint density at radius 1 is 1.05 bits per heavy atom. The zero-order chi connectivity index (χ0) is 26.6. The summed E-state index contributed by atoms with van der Waals surface area (Å²) in [7, 11) is 5.14. The lowest BCUT2D eigenvalue weighted by molar-refractivity contribution is -0.143. The molecule has 0 aliphatic heterocycles. The molecule has 1 atom stereocenters. The van der Waals surface area contributed by atoms with Gasteiger partial charge in [-0.15, -0.1) is 0 Å². The third-order valence-corrected chi connectivity index (χ3v) is 7.49. The Kier molecular flexibility index (Phi) is 11.6. The highest BCUT2D eigenvalue weighted by molar-refractivity contribution is 6.02. The zero-order valence-electron chi connectivity index (χ0n) is 23.1. The first kappa shape index (κ1) is 28.9. The average Bonchev–Trinajstić information content (AvgIpc) is 2.91. The molecule has 0 aromatic heterocycles. The van der Waals surface area contributed by atoms with Gasteiger partial charge in [-0.05, 0) is 80.1 Å². The number of ether oxygens (including phenoxy) is 2. The average molecular weight is 509 g/mol. The number of nitrogens with one attached hydrogen (secondary N) is 1. The number of carbonyl (C=O) groups is 2. The van der Waals surface area contributed by atoms with Crippen molar-refractivity contribution in [2.45, 2.75) is 70.9 Å². The van der Waals surface area contributed by atoms with Crippen molar-refractivity contribution in [3.05, 3.63) is 59.2 Å². The van der Waals surface area contributed by atoms with Gasteiger partial charge in [0.25, 0.3) is 5.91 Å². The van der Waals surface area contributed by atoms with Crippen LogP contribution in [0.2, 0.25) is 0 Å². The number of hydrogen-bond donors (Lipinski definition) is 1. The summed E-state index contributed by atoms with van der Waals surface area (Å²) in [5.41, 5.74) is 4.74. The summed E-state index contributed by atoms with van der Waals surface area (Å²) in [6, 6.07) is 13.4. The molecule has 0 bridgehead atoms. The van der Waals surface area contributed by atoms with Crippen LogP contribution >= 0.6 is 0 Å². The summed E-state index contributed by atoms with van der Waals surface area (Å²) in [6.07, 6.45) is 9.23. The summed E-state index contributed by atoms with van der Waals surface area (Å²) in [5, 5.41) is 2.91. The maximum absolute atomic E-state index is 13.5. The molecule has 1 saturated carbocycles. The minimum atomic E-state index is -0.719. The third-order valence-electron chi connectivity index (χ3n) is 7.49. The van der Waals surface area contributed by atoms with E-state index in [4.69, 9.17) is 9.47 Å². The van der Waals surface area contributed by atoms with Crippen LogP contribution in [-0.2, 0) is 20.8 Å². The lowest BCUT2D eigenvalue weighted by atomic mass is 9.87. The molecule has 202 valence electrons. The number of esters is 1. The van der Waals surface area contributed by atoms with Gasteiger partial charge in [-0.1, -0.05) is 62.4 Å². The van der Waals surface area contributed by atoms with E-state index in [1.807, 2.05) is 30.3 Å². The van der Waals surface area contributed by atoms with Crippen LogP contribution in [0.3, 0.4) is 0 Å². The molecule has 1 amide bonds. The minimum absolute atomic E-state index is 0.275. The Bertz CT molecular complexity index is 1020. The minimum Gasteiger partial charge on any atom is -0.467 e. The van der Waals surface area contributed by atoms with Gasteiger partial charge >= 0.3 is 5.97 Å². The van der Waals surface area contributed by atoms with Crippen molar-refractivity contribution in [1.29, 1.82) is 0 Å². The fraction of sp³-hybridized carbons (Fsp3) is 0.548. The van der Waals surface area contributed by atoms with Crippen molar-refractivity contribution in [2.75, 3.05) is 34.4 Å². The number of hydrogen-bond acceptors (Lipinski definition) is 5. The van der Waals surface area contributed by atoms with Gasteiger partial charge in [0.05, 0.1) is 7.11 Å². The zero-order valence-corrected chi connectivity index (χ0v) is 23.1. The smallest absolute Gasteiger partial charge is 0.328 e. The Morgan fingerprint density at radius 3 is 2.51 bits per heavy atom. The van der Waals surface area contributed by atoms with Crippen molar-refractivity contribution in [2.24, 2.45) is 5.92 Å². The van der Waals surface area contributed by atoms with Gasteiger partial charge in [0.15, 0.2) is 0 Å². The van der Waals surface area contributed by atoms with Crippen molar-refractivity contribution < 1.29 is 19.1 Å². The van der Waals surface area contributed by atoms with Gasteiger partial charge < -0.3 is 19.7 Å². The topological polar surface area (TPSA) is 67.9 Å². The molecule has 1 aliphatic rings. The second-order valence-corrected chi connectivity index (χ2v) is 10.4. The molecule has 37 heavy (non-hydrogen) atoms. The van der Waals surface area contributed by atoms with Crippen molar-refractivity contribution in [3.8, 4) is 11.1 Å². The molecule has 0 spiro atoms. The molecule has 0 unspecified atom stereocenters. The van der Waals surface area contributed by atoms with Gasteiger partial charge in [0.2, 0.25) is 0 Å². The molecule has 3 rings (SSSR count). The highest BCUT2D eigenvalue weighted by Gasteiger charge is 2.24. The van der Waals surface area contributed by atoms with Crippen LogP contribution in [0.15, 0.2) is 42.5 Å². The SMILES string of the molecule is COCCC[C@H](NC(=O)c1ccc(CN(C)CCC2CCCCC2)cc1-c1ccccc1C)C(=O)OC. The number of methoxy groups -OCH3 is 2. The van der Waals surface area contributed by atoms with E-state index in [0.29, 0.717) is 25.0 Å². The summed E-state index contributed by atoms with van der Waals surface area (Å²) >= 11 is 0. The molecule has 6 heteroatoms. The molecule has 2 aromatic rings. The predicted molar refractivity (Wildman–Crippen MR) is 149 cm³/mol. The maximum atomic E-state index is 13.5. The molecule has 0 radical (unpaired) electrons. The lowest BCUT2D eigenvalue weighted by Gasteiger charge is -2.25. The predicted octanol–water partition coefficient (Wildman–Crippen LogP) is 5.76. The molecule has 1 fully saturated rings. The molecule has 1 N–H and O–H groups in total. The number of nitrogens with zero attached hydrogens (tertiary/aromatic N) is 1. The Labute approximate surface area is 222 Å². The first-order chi connectivity index (χ1) is 17.9. The van der Waals surface area contributed by atoms with Gasteiger partial charge in [0, 0.05) is 25.8 Å². The van der Waals surface area contributed by atoms with E-state index in [0.717, 1.165) is 35.7 Å². The molecule has 0 heterocycles. The molecule has 0 saturated heterocycles. The maximum Gasteiger partial charge on any atom is 0.328 e. The summed E-state index contributed by atoms with van der Waals surface area (Å²) < 4.78 is 10.1. The van der Waals surface area contributed by atoms with Crippen LogP contribution in [0.4, 0.5) is 0 Å². The fourth-order valence-corrected chi connectivity index (χ4v) is 5.31. The normalized spacial score (nSPS) is 14.9. The Balaban J connectivity index is 1.79. The Morgan fingerprint density at radius 2 is 1.81 bits per heavy atom. The second-order valence-electron chi connectivity index (χ2n) is 10.4. The van der Waals surface area contributed by atoms with E-state index in [1.165, 1.54) is 51.2 Å². The number of aryl methyl sites for hydroxylation is 1. The number of carbonyl (C=O) groups excluding carboxylic acids is 2. The number of benzene rings is 2. The molecule has 2 aromatic carbocycles.